The second-order valence-corrected chi connectivity index (χ2v) is 8.77. The Balaban J connectivity index is 1.22. The van der Waals surface area contributed by atoms with Crippen molar-refractivity contribution in [3.05, 3.63) is 77.9 Å². The van der Waals surface area contributed by atoms with Crippen molar-refractivity contribution in [3.63, 3.8) is 0 Å². The average Bonchev–Trinajstić information content (AvgIpc) is 3.20. The van der Waals surface area contributed by atoms with E-state index in [9.17, 15) is 5.11 Å². The molecule has 1 aromatic heterocycles. The molecule has 0 spiro atoms. The van der Waals surface area contributed by atoms with Crippen LogP contribution in [0, 0.1) is 13.8 Å². The molecule has 0 aliphatic carbocycles. The van der Waals surface area contributed by atoms with Crippen molar-refractivity contribution < 1.29 is 14.6 Å². The molecule has 0 bridgehead atoms. The number of hydrogen-bond acceptors (Lipinski definition) is 5. The number of aliphatic hydroxyl groups is 1. The molecule has 1 fully saturated rings. The Hall–Kier alpha value is -2.83. The summed E-state index contributed by atoms with van der Waals surface area (Å²) in [5.41, 5.74) is 1.66. The van der Waals surface area contributed by atoms with Crippen molar-refractivity contribution in [2.45, 2.75) is 45.4 Å². The molecule has 1 saturated heterocycles. The SMILES string of the molecule is Cc1ccc(OCC2(O)CCN(Cc3cccc(OCCn4ccnc4C)c3)CC2)cc1. The first-order valence-corrected chi connectivity index (χ1v) is 11.3. The fraction of sp³-hybridized carbons (Fsp3) is 0.423. The van der Waals surface area contributed by atoms with Crippen molar-refractivity contribution >= 4 is 0 Å². The molecule has 0 unspecified atom stereocenters. The molecule has 0 saturated carbocycles. The van der Waals surface area contributed by atoms with Crippen LogP contribution in [0.4, 0.5) is 0 Å². The quantitative estimate of drug-likeness (QED) is 0.551. The zero-order chi connectivity index (χ0) is 22.4. The number of nitrogens with zero attached hydrogens (tertiary/aromatic N) is 3. The fourth-order valence-electron chi connectivity index (χ4n) is 4.02. The molecule has 1 aliphatic heterocycles. The summed E-state index contributed by atoms with van der Waals surface area (Å²) in [5.74, 6) is 2.70. The summed E-state index contributed by atoms with van der Waals surface area (Å²) in [6.07, 6.45) is 5.20. The van der Waals surface area contributed by atoms with Gasteiger partial charge in [0.05, 0.1) is 6.54 Å². The van der Waals surface area contributed by atoms with Crippen molar-refractivity contribution in [1.29, 1.82) is 0 Å². The van der Waals surface area contributed by atoms with Crippen LogP contribution in [-0.4, -0.2) is 51.5 Å². The van der Waals surface area contributed by atoms with Gasteiger partial charge in [0.1, 0.15) is 36.1 Å². The van der Waals surface area contributed by atoms with Crippen molar-refractivity contribution in [1.82, 2.24) is 14.5 Å². The molecule has 2 heterocycles. The number of imidazole rings is 1. The van der Waals surface area contributed by atoms with Crippen LogP contribution in [0.15, 0.2) is 60.9 Å². The van der Waals surface area contributed by atoms with Gasteiger partial charge in [-0.1, -0.05) is 29.8 Å². The van der Waals surface area contributed by atoms with E-state index in [0.717, 1.165) is 43.5 Å². The van der Waals surface area contributed by atoms with Gasteiger partial charge in [0.15, 0.2) is 0 Å². The van der Waals surface area contributed by atoms with Crippen molar-refractivity contribution in [3.8, 4) is 11.5 Å². The van der Waals surface area contributed by atoms with Crippen LogP contribution in [0.1, 0.15) is 29.8 Å². The Labute approximate surface area is 190 Å². The highest BCUT2D eigenvalue weighted by Gasteiger charge is 2.33. The van der Waals surface area contributed by atoms with Gasteiger partial charge >= 0.3 is 0 Å². The topological polar surface area (TPSA) is 59.8 Å². The molecule has 3 aromatic rings. The molecule has 4 rings (SSSR count). The summed E-state index contributed by atoms with van der Waals surface area (Å²) in [6.45, 7) is 8.32. The Morgan fingerprint density at radius 2 is 1.78 bits per heavy atom. The third-order valence-corrected chi connectivity index (χ3v) is 6.14. The fourth-order valence-corrected chi connectivity index (χ4v) is 4.02. The Morgan fingerprint density at radius 1 is 1.00 bits per heavy atom. The maximum Gasteiger partial charge on any atom is 0.119 e. The lowest BCUT2D eigenvalue weighted by Gasteiger charge is -2.38. The molecule has 6 nitrogen and oxygen atoms in total. The van der Waals surface area contributed by atoms with Gasteiger partial charge in [-0.15, -0.1) is 0 Å². The van der Waals surface area contributed by atoms with Crippen LogP contribution >= 0.6 is 0 Å². The molecular weight excluding hydrogens is 402 g/mol. The van der Waals surface area contributed by atoms with Crippen LogP contribution in [0.3, 0.4) is 0 Å². The smallest absolute Gasteiger partial charge is 0.119 e. The highest BCUT2D eigenvalue weighted by atomic mass is 16.5. The van der Waals surface area contributed by atoms with E-state index in [0.29, 0.717) is 26.1 Å². The lowest BCUT2D eigenvalue weighted by Crippen LogP contribution is -2.47. The van der Waals surface area contributed by atoms with E-state index in [2.05, 4.69) is 33.5 Å². The van der Waals surface area contributed by atoms with Crippen molar-refractivity contribution in [2.24, 2.45) is 0 Å². The molecule has 0 atom stereocenters. The van der Waals surface area contributed by atoms with E-state index in [-0.39, 0.29) is 0 Å². The highest BCUT2D eigenvalue weighted by molar-refractivity contribution is 5.29. The van der Waals surface area contributed by atoms with Gasteiger partial charge in [0.2, 0.25) is 0 Å². The molecule has 6 heteroatoms. The van der Waals surface area contributed by atoms with Gasteiger partial charge in [0, 0.05) is 32.0 Å². The maximum atomic E-state index is 10.9. The van der Waals surface area contributed by atoms with E-state index >= 15 is 0 Å². The number of rotatable bonds is 9. The first kappa shape index (κ1) is 22.4. The van der Waals surface area contributed by atoms with Gasteiger partial charge in [-0.3, -0.25) is 4.90 Å². The summed E-state index contributed by atoms with van der Waals surface area (Å²) < 4.78 is 13.9. The van der Waals surface area contributed by atoms with Gasteiger partial charge in [0.25, 0.3) is 0 Å². The van der Waals surface area contributed by atoms with Crippen LogP contribution < -0.4 is 9.47 Å². The lowest BCUT2D eigenvalue weighted by atomic mass is 9.92. The van der Waals surface area contributed by atoms with E-state index in [4.69, 9.17) is 9.47 Å². The molecule has 1 N–H and O–H groups in total. The second kappa shape index (κ2) is 10.2. The van der Waals surface area contributed by atoms with Crippen LogP contribution in [-0.2, 0) is 13.1 Å². The normalized spacial score (nSPS) is 16.1. The zero-order valence-electron chi connectivity index (χ0n) is 19.0. The Bertz CT molecular complexity index is 992. The van der Waals surface area contributed by atoms with E-state index in [1.54, 1.807) is 0 Å². The lowest BCUT2D eigenvalue weighted by molar-refractivity contribution is -0.0537. The maximum absolute atomic E-state index is 10.9. The summed E-state index contributed by atoms with van der Waals surface area (Å²) in [6, 6.07) is 16.3. The monoisotopic (exact) mass is 435 g/mol. The Kier molecular flexibility index (Phi) is 7.12. The van der Waals surface area contributed by atoms with E-state index in [1.807, 2.05) is 55.7 Å². The number of aromatic nitrogens is 2. The second-order valence-electron chi connectivity index (χ2n) is 8.77. The van der Waals surface area contributed by atoms with Crippen molar-refractivity contribution in [2.75, 3.05) is 26.3 Å². The first-order valence-electron chi connectivity index (χ1n) is 11.3. The number of ether oxygens (including phenoxy) is 2. The van der Waals surface area contributed by atoms with Crippen LogP contribution in [0.25, 0.3) is 0 Å². The molecule has 170 valence electrons. The number of aryl methyl sites for hydroxylation is 2. The summed E-state index contributed by atoms with van der Waals surface area (Å²) in [4.78, 5) is 6.62. The number of hydrogen-bond donors (Lipinski definition) is 1. The first-order chi connectivity index (χ1) is 15.5. The average molecular weight is 436 g/mol. The molecule has 0 amide bonds. The predicted molar refractivity (Wildman–Crippen MR) is 125 cm³/mol. The molecular formula is C26H33N3O3. The molecule has 0 radical (unpaired) electrons. The summed E-state index contributed by atoms with van der Waals surface area (Å²) >= 11 is 0. The predicted octanol–water partition coefficient (Wildman–Crippen LogP) is 3.98. The minimum absolute atomic E-state index is 0.337. The third kappa shape index (κ3) is 6.11. The van der Waals surface area contributed by atoms with Crippen LogP contribution in [0.2, 0.25) is 0 Å². The van der Waals surface area contributed by atoms with Gasteiger partial charge in [-0.25, -0.2) is 4.98 Å². The zero-order valence-corrected chi connectivity index (χ0v) is 19.0. The van der Waals surface area contributed by atoms with Gasteiger partial charge < -0.3 is 19.1 Å². The molecule has 2 aromatic carbocycles. The number of piperidine rings is 1. The van der Waals surface area contributed by atoms with Gasteiger partial charge in [-0.2, -0.15) is 0 Å². The minimum Gasteiger partial charge on any atom is -0.492 e. The number of likely N-dealkylation sites (tertiary alicyclic amines) is 1. The standard InChI is InChI=1S/C26H33N3O3/c1-21-6-8-24(9-7-21)32-20-26(30)10-13-28(14-11-26)19-23-4-3-5-25(18-23)31-17-16-29-15-12-27-22(29)2/h3-9,12,15,18,30H,10-11,13-14,16-17,19-20H2,1-2H3. The summed E-state index contributed by atoms with van der Waals surface area (Å²) in [7, 11) is 0. The minimum atomic E-state index is -0.766. The third-order valence-electron chi connectivity index (χ3n) is 6.14. The Morgan fingerprint density at radius 3 is 2.50 bits per heavy atom. The molecule has 1 aliphatic rings. The molecule has 32 heavy (non-hydrogen) atoms. The highest BCUT2D eigenvalue weighted by Crippen LogP contribution is 2.25. The van der Waals surface area contributed by atoms with Crippen LogP contribution in [0.5, 0.6) is 11.5 Å². The van der Waals surface area contributed by atoms with Gasteiger partial charge in [-0.05, 0) is 56.5 Å². The number of benzene rings is 2. The van der Waals surface area contributed by atoms with E-state index < -0.39 is 5.60 Å². The van der Waals surface area contributed by atoms with E-state index in [1.165, 1.54) is 11.1 Å². The summed E-state index contributed by atoms with van der Waals surface area (Å²) in [5, 5.41) is 10.9. The largest absolute Gasteiger partial charge is 0.492 e.